The number of carbonyl (C=O) groups is 2. The molecule has 0 aromatic carbocycles. The first kappa shape index (κ1) is 19.7. The van der Waals surface area contributed by atoms with E-state index in [1.54, 1.807) is 19.9 Å². The molecule has 2 heterocycles. The van der Waals surface area contributed by atoms with Crippen molar-refractivity contribution >= 4 is 23.6 Å². The third kappa shape index (κ3) is 2.91. The summed E-state index contributed by atoms with van der Waals surface area (Å²) >= 11 is 0. The van der Waals surface area contributed by atoms with Crippen LogP contribution in [0.25, 0.3) is 10.9 Å². The van der Waals surface area contributed by atoms with Crippen LogP contribution in [-0.4, -0.2) is 27.8 Å². The highest BCUT2D eigenvalue weighted by molar-refractivity contribution is 6.19. The van der Waals surface area contributed by atoms with Crippen molar-refractivity contribution in [3.8, 4) is 11.9 Å². The van der Waals surface area contributed by atoms with Crippen LogP contribution in [0.15, 0.2) is 21.5 Å². The average Bonchev–Trinajstić information content (AvgIpc) is 2.62. The summed E-state index contributed by atoms with van der Waals surface area (Å²) in [4.78, 5) is 41.8. The first-order valence-corrected chi connectivity index (χ1v) is 8.26. The Labute approximate surface area is 156 Å². The van der Waals surface area contributed by atoms with E-state index >= 15 is 0 Å². The summed E-state index contributed by atoms with van der Waals surface area (Å²) < 4.78 is 0.924. The molecule has 0 N–H and O–H groups in total. The lowest BCUT2D eigenvalue weighted by Gasteiger charge is -2.26. The van der Waals surface area contributed by atoms with E-state index in [9.17, 15) is 24.8 Å². The van der Waals surface area contributed by atoms with Gasteiger partial charge in [0.05, 0.1) is 6.57 Å². The minimum absolute atomic E-state index is 0.0189. The molecule has 0 saturated carbocycles. The molecule has 0 aliphatic carbocycles. The van der Waals surface area contributed by atoms with Crippen molar-refractivity contribution in [3.63, 3.8) is 0 Å². The minimum Gasteiger partial charge on any atom is -0.869 e. The molecule has 0 unspecified atom stereocenters. The standard InChI is InChI=1S/C19H18N4O4/c1-6-22-16(24)12(10(3)14(9-20)18(22)26)8-13-11(4)15(21-5)19(27)23(7-2)17(13)25/h8,27H,6-7H2,1-4H3/p-1/b12-8-. The summed E-state index contributed by atoms with van der Waals surface area (Å²) in [7, 11) is 0. The van der Waals surface area contributed by atoms with Gasteiger partial charge in [-0.3, -0.25) is 19.3 Å². The van der Waals surface area contributed by atoms with Crippen LogP contribution >= 0.6 is 0 Å². The average molecular weight is 365 g/mol. The molecule has 138 valence electrons. The smallest absolute Gasteiger partial charge is 0.271 e. The molecule has 2 amide bonds. The van der Waals surface area contributed by atoms with E-state index in [1.807, 2.05) is 0 Å². The van der Waals surface area contributed by atoms with E-state index in [2.05, 4.69) is 4.85 Å². The van der Waals surface area contributed by atoms with Crippen LogP contribution < -0.4 is 10.7 Å². The van der Waals surface area contributed by atoms with E-state index in [-0.39, 0.29) is 46.6 Å². The van der Waals surface area contributed by atoms with Crippen LogP contribution in [0, 0.1) is 24.8 Å². The van der Waals surface area contributed by atoms with Crippen LogP contribution in [-0.2, 0) is 16.1 Å². The fourth-order valence-electron chi connectivity index (χ4n) is 2.96. The first-order chi connectivity index (χ1) is 12.7. The third-order valence-electron chi connectivity index (χ3n) is 4.54. The maximum absolute atomic E-state index is 12.7. The predicted octanol–water partition coefficient (Wildman–Crippen LogP) is 1.41. The maximum atomic E-state index is 12.7. The maximum Gasteiger partial charge on any atom is 0.271 e. The normalized spacial score (nSPS) is 15.9. The molecule has 0 radical (unpaired) electrons. The minimum atomic E-state index is -0.681. The monoisotopic (exact) mass is 365 g/mol. The van der Waals surface area contributed by atoms with Crippen LogP contribution in [0.3, 0.4) is 0 Å². The zero-order valence-electron chi connectivity index (χ0n) is 15.4. The van der Waals surface area contributed by atoms with Crippen molar-refractivity contribution in [2.45, 2.75) is 34.2 Å². The largest absolute Gasteiger partial charge is 0.869 e. The van der Waals surface area contributed by atoms with Gasteiger partial charge in [-0.05, 0) is 50.8 Å². The van der Waals surface area contributed by atoms with Gasteiger partial charge in [0, 0.05) is 24.2 Å². The Morgan fingerprint density at radius 2 is 1.81 bits per heavy atom. The van der Waals surface area contributed by atoms with Crippen molar-refractivity contribution in [1.82, 2.24) is 9.47 Å². The van der Waals surface area contributed by atoms with Crippen molar-refractivity contribution in [2.75, 3.05) is 6.54 Å². The number of aromatic nitrogens is 1. The second kappa shape index (κ2) is 7.30. The molecule has 0 atom stereocenters. The van der Waals surface area contributed by atoms with Gasteiger partial charge < -0.3 is 9.67 Å². The highest BCUT2D eigenvalue weighted by Gasteiger charge is 2.34. The fraction of sp³-hybridized carbons (Fsp3) is 0.316. The van der Waals surface area contributed by atoms with Gasteiger partial charge in [-0.2, -0.15) is 5.26 Å². The van der Waals surface area contributed by atoms with Crippen LogP contribution in [0.5, 0.6) is 5.88 Å². The molecule has 1 aliphatic heterocycles. The zero-order chi connectivity index (χ0) is 20.5. The van der Waals surface area contributed by atoms with Gasteiger partial charge >= 0.3 is 0 Å². The second-order valence-electron chi connectivity index (χ2n) is 5.88. The first-order valence-electron chi connectivity index (χ1n) is 8.26. The molecule has 27 heavy (non-hydrogen) atoms. The number of likely N-dealkylation sites (N-methyl/N-ethyl adjacent to an activating group) is 1. The predicted molar refractivity (Wildman–Crippen MR) is 95.5 cm³/mol. The van der Waals surface area contributed by atoms with Gasteiger partial charge in [0.1, 0.15) is 11.6 Å². The molecule has 8 heteroatoms. The Morgan fingerprint density at radius 1 is 1.19 bits per heavy atom. The number of nitriles is 1. The number of hydrogen-bond acceptors (Lipinski definition) is 5. The zero-order valence-corrected chi connectivity index (χ0v) is 15.4. The Bertz CT molecular complexity index is 1060. The van der Waals surface area contributed by atoms with Gasteiger partial charge in [0.25, 0.3) is 17.4 Å². The number of nitrogens with zero attached hydrogens (tertiary/aromatic N) is 4. The van der Waals surface area contributed by atoms with E-state index in [0.717, 1.165) is 9.47 Å². The lowest BCUT2D eigenvalue weighted by molar-refractivity contribution is -0.278. The summed E-state index contributed by atoms with van der Waals surface area (Å²) in [6.45, 7) is 13.5. The van der Waals surface area contributed by atoms with Gasteiger partial charge in [-0.25, -0.2) is 4.85 Å². The highest BCUT2D eigenvalue weighted by atomic mass is 16.3. The highest BCUT2D eigenvalue weighted by Crippen LogP contribution is 2.32. The number of amides is 2. The lowest BCUT2D eigenvalue weighted by atomic mass is 9.93. The summed E-state index contributed by atoms with van der Waals surface area (Å²) in [6.07, 6.45) is 1.27. The van der Waals surface area contributed by atoms with Crippen LogP contribution in [0.1, 0.15) is 31.9 Å². The number of rotatable bonds is 3. The van der Waals surface area contributed by atoms with Crippen LogP contribution in [0.4, 0.5) is 5.69 Å². The quantitative estimate of drug-likeness (QED) is 0.457. The second-order valence-corrected chi connectivity index (χ2v) is 5.88. The van der Waals surface area contributed by atoms with Gasteiger partial charge in [-0.1, -0.05) is 0 Å². The third-order valence-corrected chi connectivity index (χ3v) is 4.54. The van der Waals surface area contributed by atoms with Crippen molar-refractivity contribution in [3.05, 3.63) is 49.6 Å². The number of carbonyl (C=O) groups excluding carboxylic acids is 2. The SMILES string of the molecule is [C-]#[N+]c1c(C)c(/C=C2\C(=O)N(CC)C(=O)C(C#N)=C2C)c(=O)n(CC)c1[O-]. The summed E-state index contributed by atoms with van der Waals surface area (Å²) in [5, 5.41) is 21.5. The molecule has 0 saturated heterocycles. The molecule has 0 fully saturated rings. The van der Waals surface area contributed by atoms with E-state index in [4.69, 9.17) is 6.57 Å². The van der Waals surface area contributed by atoms with Crippen molar-refractivity contribution in [2.24, 2.45) is 0 Å². The van der Waals surface area contributed by atoms with Crippen molar-refractivity contribution in [1.29, 1.82) is 5.26 Å². The Morgan fingerprint density at radius 3 is 2.30 bits per heavy atom. The summed E-state index contributed by atoms with van der Waals surface area (Å²) in [5.41, 5.74) is -0.637. The Kier molecular flexibility index (Phi) is 5.32. The fourth-order valence-corrected chi connectivity index (χ4v) is 2.96. The molecule has 1 aromatic rings. The number of pyridine rings is 1. The number of imide groups is 1. The van der Waals surface area contributed by atoms with Gasteiger partial charge in [0.2, 0.25) is 0 Å². The van der Waals surface area contributed by atoms with Gasteiger partial charge in [0.15, 0.2) is 5.69 Å². The summed E-state index contributed by atoms with van der Waals surface area (Å²) in [5.74, 6) is -1.99. The molecular formula is C19H17N4O4-. The van der Waals surface area contributed by atoms with Crippen molar-refractivity contribution < 1.29 is 14.7 Å². The molecular weight excluding hydrogens is 348 g/mol. The summed E-state index contributed by atoms with van der Waals surface area (Å²) in [6, 6.07) is 1.80. The topological polar surface area (TPSA) is 111 Å². The van der Waals surface area contributed by atoms with Gasteiger partial charge in [-0.15, -0.1) is 0 Å². The molecule has 1 aliphatic rings. The number of hydrogen-bond donors (Lipinski definition) is 0. The molecule has 0 bridgehead atoms. The van der Waals surface area contributed by atoms with E-state index < -0.39 is 23.3 Å². The van der Waals surface area contributed by atoms with E-state index in [0.29, 0.717) is 0 Å². The lowest BCUT2D eigenvalue weighted by Crippen LogP contribution is -2.42. The van der Waals surface area contributed by atoms with E-state index in [1.165, 1.54) is 19.9 Å². The molecule has 2 rings (SSSR count). The Balaban J connectivity index is 2.90. The Hall–Kier alpha value is -3.65. The van der Waals surface area contributed by atoms with Crippen LogP contribution in [0.2, 0.25) is 0 Å². The molecule has 8 nitrogen and oxygen atoms in total. The molecule has 1 aromatic heterocycles. The molecule has 0 spiro atoms.